The third kappa shape index (κ3) is 3.12. The third-order valence-electron chi connectivity index (χ3n) is 2.46. The summed E-state index contributed by atoms with van der Waals surface area (Å²) in [5, 5.41) is 39.7. The number of hydrogen-bond acceptors (Lipinski definition) is 6. The molecule has 17 heavy (non-hydrogen) atoms. The smallest absolute Gasteiger partial charge is 0.339 e. The lowest BCUT2D eigenvalue weighted by Crippen LogP contribution is -2.64. The molecule has 0 aromatic heterocycles. The molecule has 5 N–H and O–H groups in total. The maximum absolute atomic E-state index is 11.2. The van der Waals surface area contributed by atoms with Crippen LogP contribution in [0.1, 0.15) is 0 Å². The first-order valence-corrected chi connectivity index (χ1v) is 4.97. The van der Waals surface area contributed by atoms with Gasteiger partial charge in [0, 0.05) is 0 Å². The van der Waals surface area contributed by atoms with E-state index in [2.05, 4.69) is 10.2 Å². The van der Waals surface area contributed by atoms with Crippen molar-refractivity contribution < 1.29 is 30.0 Å². The van der Waals surface area contributed by atoms with Crippen LogP contribution >= 0.6 is 0 Å². The monoisotopic (exact) mass is 247 g/mol. The fourth-order valence-corrected chi connectivity index (χ4v) is 1.57. The van der Waals surface area contributed by atoms with E-state index in [9.17, 15) is 20.1 Å². The molecule has 8 heteroatoms. The maximum atomic E-state index is 11.2. The lowest BCUT2D eigenvalue weighted by molar-refractivity contribution is -0.253. The lowest BCUT2D eigenvalue weighted by Gasteiger charge is -2.39. The number of nitrogens with zero attached hydrogens (tertiary/aromatic N) is 1. The van der Waals surface area contributed by atoms with Crippen molar-refractivity contribution in [1.82, 2.24) is 5.32 Å². The first-order chi connectivity index (χ1) is 8.01. The Balaban J connectivity index is 2.67. The second-order valence-corrected chi connectivity index (χ2v) is 3.66. The predicted octanol–water partition coefficient (Wildman–Crippen LogP) is -3.13. The van der Waals surface area contributed by atoms with Crippen molar-refractivity contribution in [2.24, 2.45) is 0 Å². The van der Waals surface area contributed by atoms with Gasteiger partial charge in [0.05, 0.1) is 6.61 Å². The minimum absolute atomic E-state index is 0.338. The van der Waals surface area contributed by atoms with Crippen LogP contribution in [0.4, 0.5) is 0 Å². The number of aliphatic hydroxyl groups excluding tert-OH is 4. The molecule has 1 aliphatic heterocycles. The molecular formula is C9H15N2O6+. The van der Waals surface area contributed by atoms with Gasteiger partial charge in [-0.25, -0.2) is 0 Å². The van der Waals surface area contributed by atoms with Gasteiger partial charge in [0.15, 0.2) is 6.29 Å². The Hall–Kier alpha value is -1.24. The quantitative estimate of drug-likeness (QED) is 0.359. The zero-order chi connectivity index (χ0) is 13.0. The summed E-state index contributed by atoms with van der Waals surface area (Å²) in [6, 6.07) is -1.21. The fourth-order valence-electron chi connectivity index (χ4n) is 1.57. The van der Waals surface area contributed by atoms with Crippen molar-refractivity contribution in [1.29, 1.82) is 0 Å². The van der Waals surface area contributed by atoms with Crippen molar-refractivity contribution >= 4 is 5.91 Å². The van der Waals surface area contributed by atoms with Crippen LogP contribution in [0, 0.1) is 6.57 Å². The molecule has 0 spiro atoms. The topological polar surface area (TPSA) is 124 Å². The molecule has 0 saturated carbocycles. The average molecular weight is 247 g/mol. The van der Waals surface area contributed by atoms with Crippen molar-refractivity contribution in [3.63, 3.8) is 0 Å². The van der Waals surface area contributed by atoms with Gasteiger partial charge in [-0.3, -0.25) is 4.79 Å². The molecule has 0 aromatic rings. The summed E-state index contributed by atoms with van der Waals surface area (Å²) in [6.45, 7) is 3.90. The van der Waals surface area contributed by atoms with E-state index in [0.717, 1.165) is 0 Å². The summed E-state index contributed by atoms with van der Waals surface area (Å²) < 4.78 is 4.83. The van der Waals surface area contributed by atoms with Gasteiger partial charge in [0.25, 0.3) is 6.57 Å². The van der Waals surface area contributed by atoms with Crippen LogP contribution in [-0.4, -0.2) is 70.1 Å². The molecule has 8 nitrogen and oxygen atoms in total. The fraction of sp³-hybridized carbons (Fsp3) is 0.778. The first kappa shape index (κ1) is 13.8. The normalized spacial score (nSPS) is 37.2. The molecule has 1 saturated heterocycles. The van der Waals surface area contributed by atoms with E-state index in [-0.39, 0.29) is 6.54 Å². The maximum Gasteiger partial charge on any atom is 0.339 e. The van der Waals surface area contributed by atoms with Crippen LogP contribution in [0.15, 0.2) is 0 Å². The molecule has 0 bridgehead atoms. The Morgan fingerprint density at radius 3 is 2.53 bits per heavy atom. The summed E-state index contributed by atoms with van der Waals surface area (Å²) in [7, 11) is 0. The molecule has 96 valence electrons. The number of carbonyl (C=O) groups excluding carboxylic acids is 1. The molecule has 5 unspecified atom stereocenters. The summed E-state index contributed by atoms with van der Waals surface area (Å²) in [5.74, 6) is -0.631. The molecule has 0 aliphatic carbocycles. The zero-order valence-electron chi connectivity index (χ0n) is 8.93. The second-order valence-electron chi connectivity index (χ2n) is 3.66. The van der Waals surface area contributed by atoms with Crippen molar-refractivity contribution in [2.75, 3.05) is 13.2 Å². The number of rotatable bonds is 3. The average Bonchev–Trinajstić information content (AvgIpc) is 2.29. The number of nitrogens with one attached hydrogen (secondary N) is 1. The molecule has 1 rings (SSSR count). The zero-order valence-corrected chi connectivity index (χ0v) is 8.93. The molecular weight excluding hydrogens is 232 g/mol. The first-order valence-electron chi connectivity index (χ1n) is 4.97. The van der Waals surface area contributed by atoms with Crippen LogP contribution in [0.3, 0.4) is 0 Å². The molecule has 1 aliphatic rings. The van der Waals surface area contributed by atoms with Crippen LogP contribution in [0.2, 0.25) is 0 Å². The summed E-state index contributed by atoms with van der Waals surface area (Å²) in [4.78, 5) is 14.2. The van der Waals surface area contributed by atoms with Gasteiger partial charge in [-0.2, -0.15) is 0 Å². The minimum atomic E-state index is -1.53. The number of hydrogen-bond donors (Lipinski definition) is 5. The van der Waals surface area contributed by atoms with Crippen molar-refractivity contribution in [2.45, 2.75) is 30.6 Å². The van der Waals surface area contributed by atoms with Gasteiger partial charge >= 0.3 is 12.5 Å². The highest BCUT2D eigenvalue weighted by atomic mass is 16.6. The van der Waals surface area contributed by atoms with E-state index < -0.39 is 43.2 Å². The van der Waals surface area contributed by atoms with Crippen molar-refractivity contribution in [3.8, 4) is 6.57 Å². The molecule has 1 amide bonds. The minimum Gasteiger partial charge on any atom is -0.394 e. The summed E-state index contributed by atoms with van der Waals surface area (Å²) in [6.07, 6.45) is -5.51. The van der Waals surface area contributed by atoms with Gasteiger partial charge in [-0.05, 0) is 0 Å². The molecule has 1 fully saturated rings. The molecule has 0 aromatic carbocycles. The van der Waals surface area contributed by atoms with Gasteiger partial charge in [0.2, 0.25) is 0 Å². The van der Waals surface area contributed by atoms with Crippen molar-refractivity contribution in [3.05, 3.63) is 4.85 Å². The Morgan fingerprint density at radius 2 is 2.00 bits per heavy atom. The number of ether oxygens (including phenoxy) is 1. The largest absolute Gasteiger partial charge is 0.394 e. The van der Waals surface area contributed by atoms with Gasteiger partial charge < -0.3 is 30.5 Å². The van der Waals surface area contributed by atoms with E-state index >= 15 is 0 Å². The predicted molar refractivity (Wildman–Crippen MR) is 55.1 cm³/mol. The number of aliphatic hydroxyl groups is 4. The Labute approximate surface area is 97.3 Å². The van der Waals surface area contributed by atoms with E-state index in [0.29, 0.717) is 0 Å². The standard InChI is InChI=1S/C9H14N2O6/c1-10-2-5(13)11-6-8(15)7(14)4(3-12)17-9(6)16/h1,4,6-9,12,14-16H,2-3H2/p+1. The summed E-state index contributed by atoms with van der Waals surface area (Å²) in [5.41, 5.74) is 0. The van der Waals surface area contributed by atoms with Crippen LogP contribution < -0.4 is 5.32 Å². The highest BCUT2D eigenvalue weighted by Gasteiger charge is 2.44. The number of amides is 1. The molecule has 0 radical (unpaired) electrons. The van der Waals surface area contributed by atoms with E-state index in [4.69, 9.17) is 16.4 Å². The third-order valence-corrected chi connectivity index (χ3v) is 2.46. The lowest BCUT2D eigenvalue weighted by atomic mass is 9.97. The van der Waals surface area contributed by atoms with Crippen LogP contribution in [0.5, 0.6) is 0 Å². The van der Waals surface area contributed by atoms with Gasteiger partial charge in [0.1, 0.15) is 24.4 Å². The van der Waals surface area contributed by atoms with Crippen LogP contribution in [-0.2, 0) is 9.53 Å². The number of carbonyl (C=O) groups is 1. The van der Waals surface area contributed by atoms with Crippen LogP contribution in [0.25, 0.3) is 4.85 Å². The van der Waals surface area contributed by atoms with E-state index in [1.54, 1.807) is 0 Å². The highest BCUT2D eigenvalue weighted by Crippen LogP contribution is 2.19. The van der Waals surface area contributed by atoms with E-state index in [1.165, 1.54) is 0 Å². The van der Waals surface area contributed by atoms with Gasteiger partial charge in [-0.1, -0.05) is 4.85 Å². The summed E-state index contributed by atoms with van der Waals surface area (Å²) >= 11 is 0. The Kier molecular flexibility index (Phi) is 4.80. The Morgan fingerprint density at radius 1 is 1.35 bits per heavy atom. The molecule has 1 heterocycles. The Bertz CT molecular complexity index is 317. The highest BCUT2D eigenvalue weighted by molar-refractivity contribution is 5.79. The van der Waals surface area contributed by atoms with E-state index in [1.807, 2.05) is 0 Å². The second kappa shape index (κ2) is 5.90. The SMILES string of the molecule is C#[N+]CC(=O)NC1C(O)OC(CO)C(O)C1O. The molecule has 5 atom stereocenters. The van der Waals surface area contributed by atoms with Gasteiger partial charge in [-0.15, -0.1) is 0 Å².